The van der Waals surface area contributed by atoms with Gasteiger partial charge in [0.1, 0.15) is 5.76 Å². The average molecular weight is 528 g/mol. The zero-order valence-electron chi connectivity index (χ0n) is 22.0. The van der Waals surface area contributed by atoms with Gasteiger partial charge >= 0.3 is 0 Å². The summed E-state index contributed by atoms with van der Waals surface area (Å²) in [6.45, 7) is 7.47. The third kappa shape index (κ3) is 5.22. The number of hydrogen-bond acceptors (Lipinski definition) is 4. The van der Waals surface area contributed by atoms with Gasteiger partial charge in [0.05, 0.1) is 30.6 Å². The van der Waals surface area contributed by atoms with Gasteiger partial charge < -0.3 is 24.5 Å². The number of pyridine rings is 1. The Bertz CT molecular complexity index is 1410. The molecule has 0 bridgehead atoms. The van der Waals surface area contributed by atoms with Crippen LogP contribution in [0, 0.1) is 13.8 Å². The summed E-state index contributed by atoms with van der Waals surface area (Å²) < 4.78 is 7.88. The van der Waals surface area contributed by atoms with Crippen molar-refractivity contribution in [2.45, 2.75) is 52.2 Å². The lowest BCUT2D eigenvalue weighted by atomic mass is 9.96. The minimum atomic E-state index is -0.134. The van der Waals surface area contributed by atoms with E-state index in [1.807, 2.05) is 54.6 Å². The number of aryl methyl sites for hydroxylation is 2. The van der Waals surface area contributed by atoms with Crippen molar-refractivity contribution in [2.24, 2.45) is 0 Å². The Morgan fingerprint density at radius 1 is 1.13 bits per heavy atom. The van der Waals surface area contributed by atoms with Crippen molar-refractivity contribution in [1.29, 1.82) is 0 Å². The topological polar surface area (TPSA) is 75.3 Å². The fourth-order valence-electron chi connectivity index (χ4n) is 5.30. The van der Waals surface area contributed by atoms with Crippen LogP contribution < -0.4 is 10.6 Å². The molecular formula is C30H33N5O2S. The Morgan fingerprint density at radius 2 is 1.95 bits per heavy atom. The van der Waals surface area contributed by atoms with Crippen LogP contribution in [0.1, 0.15) is 59.4 Å². The summed E-state index contributed by atoms with van der Waals surface area (Å²) >= 11 is 5.83. The second kappa shape index (κ2) is 11.2. The molecule has 8 heteroatoms. The first-order chi connectivity index (χ1) is 18.5. The predicted molar refractivity (Wildman–Crippen MR) is 153 cm³/mol. The molecule has 1 aliphatic rings. The predicted octanol–water partition coefficient (Wildman–Crippen LogP) is 5.70. The molecule has 1 amide bonds. The van der Waals surface area contributed by atoms with Gasteiger partial charge in [0.2, 0.25) is 5.91 Å². The van der Waals surface area contributed by atoms with Crippen molar-refractivity contribution in [2.75, 3.05) is 11.9 Å². The van der Waals surface area contributed by atoms with E-state index in [4.69, 9.17) is 16.6 Å². The minimum absolute atomic E-state index is 0.0305. The number of amides is 1. The lowest BCUT2D eigenvalue weighted by molar-refractivity contribution is -0.116. The molecule has 4 heterocycles. The number of para-hydroxylation sites is 1. The SMILES string of the molecule is CCc1ccccc1NC(=O)CCN1C(=S)N[C@@H](c2ccccn2)[C@@H]1c1cc(C)n(Cc2ccco2)c1C. The highest BCUT2D eigenvalue weighted by Crippen LogP contribution is 2.41. The van der Waals surface area contributed by atoms with Crippen molar-refractivity contribution in [3.63, 3.8) is 0 Å². The van der Waals surface area contributed by atoms with Gasteiger partial charge in [0.25, 0.3) is 0 Å². The van der Waals surface area contributed by atoms with Crippen molar-refractivity contribution < 1.29 is 9.21 Å². The van der Waals surface area contributed by atoms with Crippen LogP contribution in [0.25, 0.3) is 0 Å². The van der Waals surface area contributed by atoms with Crippen LogP contribution in [-0.2, 0) is 17.8 Å². The van der Waals surface area contributed by atoms with E-state index in [0.29, 0.717) is 24.6 Å². The third-order valence-electron chi connectivity index (χ3n) is 7.28. The number of benzene rings is 1. The molecule has 2 atom stereocenters. The maximum absolute atomic E-state index is 13.0. The Kier molecular flexibility index (Phi) is 7.60. The van der Waals surface area contributed by atoms with Gasteiger partial charge in [0.15, 0.2) is 5.11 Å². The van der Waals surface area contributed by atoms with E-state index in [9.17, 15) is 4.79 Å². The van der Waals surface area contributed by atoms with E-state index in [1.165, 1.54) is 0 Å². The van der Waals surface area contributed by atoms with Gasteiger partial charge in [-0.05, 0) is 80.0 Å². The third-order valence-corrected chi connectivity index (χ3v) is 7.63. The molecule has 0 aliphatic carbocycles. The molecule has 0 saturated carbocycles. The first-order valence-corrected chi connectivity index (χ1v) is 13.4. The fourth-order valence-corrected chi connectivity index (χ4v) is 5.63. The van der Waals surface area contributed by atoms with Crippen molar-refractivity contribution in [3.8, 4) is 0 Å². The van der Waals surface area contributed by atoms with Crippen LogP contribution in [0.15, 0.2) is 77.5 Å². The number of aromatic nitrogens is 2. The van der Waals surface area contributed by atoms with Crippen LogP contribution in [0.5, 0.6) is 0 Å². The van der Waals surface area contributed by atoms with Crippen LogP contribution >= 0.6 is 12.2 Å². The maximum Gasteiger partial charge on any atom is 0.226 e. The molecule has 1 fully saturated rings. The molecule has 5 rings (SSSR count). The minimum Gasteiger partial charge on any atom is -0.467 e. The van der Waals surface area contributed by atoms with E-state index in [0.717, 1.165) is 46.1 Å². The summed E-state index contributed by atoms with van der Waals surface area (Å²) in [7, 11) is 0. The molecule has 1 aromatic carbocycles. The normalized spacial score (nSPS) is 17.0. The largest absolute Gasteiger partial charge is 0.467 e. The number of nitrogens with one attached hydrogen (secondary N) is 2. The van der Waals surface area contributed by atoms with Gasteiger partial charge in [-0.2, -0.15) is 0 Å². The summed E-state index contributed by atoms with van der Waals surface area (Å²) in [5.74, 6) is 0.873. The van der Waals surface area contributed by atoms with Gasteiger partial charge in [-0.15, -0.1) is 0 Å². The number of furan rings is 1. The Morgan fingerprint density at radius 3 is 2.68 bits per heavy atom. The van der Waals surface area contributed by atoms with Crippen LogP contribution in [-0.4, -0.2) is 32.0 Å². The lowest BCUT2D eigenvalue weighted by Crippen LogP contribution is -2.33. The Hall–Kier alpha value is -3.91. The average Bonchev–Trinajstić information content (AvgIpc) is 3.63. The molecule has 3 aromatic heterocycles. The van der Waals surface area contributed by atoms with Crippen molar-refractivity contribution in [3.05, 3.63) is 107 Å². The molecule has 1 aliphatic heterocycles. The number of nitrogens with zero attached hydrogens (tertiary/aromatic N) is 3. The van der Waals surface area contributed by atoms with Crippen LogP contribution in [0.4, 0.5) is 5.69 Å². The summed E-state index contributed by atoms with van der Waals surface area (Å²) in [4.78, 5) is 19.8. The second-order valence-electron chi connectivity index (χ2n) is 9.62. The lowest BCUT2D eigenvalue weighted by Gasteiger charge is -2.28. The molecule has 0 spiro atoms. The zero-order chi connectivity index (χ0) is 26.6. The van der Waals surface area contributed by atoms with Gasteiger partial charge in [-0.1, -0.05) is 31.2 Å². The van der Waals surface area contributed by atoms with E-state index in [-0.39, 0.29) is 18.0 Å². The smallest absolute Gasteiger partial charge is 0.226 e. The molecule has 38 heavy (non-hydrogen) atoms. The van der Waals surface area contributed by atoms with Gasteiger partial charge in [0, 0.05) is 36.2 Å². The molecule has 7 nitrogen and oxygen atoms in total. The standard InChI is InChI=1S/C30H33N5O2S/c1-4-22-10-5-6-12-25(22)32-27(36)14-16-34-29(28(33-30(34)38)26-13-7-8-15-31-26)24-18-20(2)35(21(24)3)19-23-11-9-17-37-23/h5-13,15,17-18,28-29H,4,14,16,19H2,1-3H3,(H,32,36)(H,33,38)/t28-,29-/m0/s1. The first-order valence-electron chi connectivity index (χ1n) is 13.0. The molecule has 1 saturated heterocycles. The highest BCUT2D eigenvalue weighted by atomic mass is 32.1. The fraction of sp³-hybridized carbons (Fsp3) is 0.300. The molecule has 196 valence electrons. The van der Waals surface area contributed by atoms with E-state index >= 15 is 0 Å². The number of thiocarbonyl (C=S) groups is 1. The molecule has 4 aromatic rings. The number of anilines is 1. The maximum atomic E-state index is 13.0. The second-order valence-corrected chi connectivity index (χ2v) is 10.0. The Balaban J connectivity index is 1.42. The summed E-state index contributed by atoms with van der Waals surface area (Å²) in [5.41, 5.74) is 6.35. The van der Waals surface area contributed by atoms with E-state index < -0.39 is 0 Å². The van der Waals surface area contributed by atoms with Gasteiger partial charge in [-0.25, -0.2) is 0 Å². The van der Waals surface area contributed by atoms with Gasteiger partial charge in [-0.3, -0.25) is 9.78 Å². The van der Waals surface area contributed by atoms with Crippen LogP contribution in [0.2, 0.25) is 0 Å². The van der Waals surface area contributed by atoms with E-state index in [2.05, 4.69) is 51.9 Å². The van der Waals surface area contributed by atoms with Crippen LogP contribution in [0.3, 0.4) is 0 Å². The summed E-state index contributed by atoms with van der Waals surface area (Å²) in [6.07, 6.45) is 4.68. The molecule has 0 unspecified atom stereocenters. The molecular weight excluding hydrogens is 494 g/mol. The summed E-state index contributed by atoms with van der Waals surface area (Å²) in [5, 5.41) is 7.22. The number of carbonyl (C=O) groups is 1. The molecule has 0 radical (unpaired) electrons. The number of rotatable bonds is 9. The molecule has 2 N–H and O–H groups in total. The van der Waals surface area contributed by atoms with Crippen molar-refractivity contribution in [1.82, 2.24) is 19.8 Å². The summed E-state index contributed by atoms with van der Waals surface area (Å²) in [6, 6.07) is 19.7. The number of carbonyl (C=O) groups excluding carboxylic acids is 1. The zero-order valence-corrected chi connectivity index (χ0v) is 22.8. The quantitative estimate of drug-likeness (QED) is 0.272. The number of hydrogen-bond donors (Lipinski definition) is 2. The highest BCUT2D eigenvalue weighted by molar-refractivity contribution is 7.80. The monoisotopic (exact) mass is 527 g/mol. The highest BCUT2D eigenvalue weighted by Gasteiger charge is 2.41. The Labute approximate surface area is 228 Å². The van der Waals surface area contributed by atoms with Crippen molar-refractivity contribution >= 4 is 28.9 Å². The van der Waals surface area contributed by atoms with E-state index in [1.54, 1.807) is 12.5 Å². The first kappa shape index (κ1) is 25.7.